The van der Waals surface area contributed by atoms with E-state index in [2.05, 4.69) is 4.98 Å². The van der Waals surface area contributed by atoms with E-state index in [9.17, 15) is 13.2 Å². The van der Waals surface area contributed by atoms with Gasteiger partial charge in [0.15, 0.2) is 5.78 Å². The average molecular weight is 435 g/mol. The predicted octanol–water partition coefficient (Wildman–Crippen LogP) is 3.95. The van der Waals surface area contributed by atoms with Gasteiger partial charge in [-0.05, 0) is 47.9 Å². The summed E-state index contributed by atoms with van der Waals surface area (Å²) in [5.74, 6) is 0.265. The Kier molecular flexibility index (Phi) is 5.39. The van der Waals surface area contributed by atoms with Crippen LogP contribution in [-0.2, 0) is 16.4 Å². The highest BCUT2D eigenvalue weighted by Crippen LogP contribution is 2.29. The average Bonchev–Trinajstić information content (AvgIpc) is 3.15. The standard InChI is InChI=1S/C24H22N2O4S/c1-15-22(31(25,28)29)11-10-16(12-18-14-26-21-9-4-3-8-20(18)21)23(15)24(27)17-6-5-7-19(13-17)30-2/h3-11,13-14,26H,12H2,1-2H3,(H2,25,28,29). The number of nitrogens with one attached hydrogen (secondary N) is 1. The lowest BCUT2D eigenvalue weighted by Gasteiger charge is -2.15. The molecular formula is C24H22N2O4S. The summed E-state index contributed by atoms with van der Waals surface area (Å²) in [4.78, 5) is 16.7. The first kappa shape index (κ1) is 20.8. The number of ether oxygens (including phenoxy) is 1. The summed E-state index contributed by atoms with van der Waals surface area (Å²) in [7, 11) is -2.45. The maximum atomic E-state index is 13.5. The fourth-order valence-electron chi connectivity index (χ4n) is 3.91. The molecule has 0 spiro atoms. The van der Waals surface area contributed by atoms with Crippen molar-refractivity contribution in [2.24, 2.45) is 5.14 Å². The largest absolute Gasteiger partial charge is 0.497 e. The van der Waals surface area contributed by atoms with Gasteiger partial charge in [0.1, 0.15) is 5.75 Å². The number of aromatic amines is 1. The maximum absolute atomic E-state index is 13.5. The van der Waals surface area contributed by atoms with Gasteiger partial charge >= 0.3 is 0 Å². The Morgan fingerprint density at radius 3 is 2.55 bits per heavy atom. The summed E-state index contributed by atoms with van der Waals surface area (Å²) in [6.07, 6.45) is 2.37. The summed E-state index contributed by atoms with van der Waals surface area (Å²) in [6.45, 7) is 1.62. The van der Waals surface area contributed by atoms with Crippen LogP contribution in [-0.4, -0.2) is 26.3 Å². The van der Waals surface area contributed by atoms with Crippen LogP contribution in [0, 0.1) is 6.92 Å². The molecule has 0 aliphatic carbocycles. The van der Waals surface area contributed by atoms with Crippen LogP contribution in [0.15, 0.2) is 71.8 Å². The van der Waals surface area contributed by atoms with E-state index < -0.39 is 10.0 Å². The van der Waals surface area contributed by atoms with Crippen LogP contribution in [0.3, 0.4) is 0 Å². The highest BCUT2D eigenvalue weighted by atomic mass is 32.2. The Labute approximate surface area is 180 Å². The molecule has 4 aromatic rings. The van der Waals surface area contributed by atoms with Crippen molar-refractivity contribution in [1.82, 2.24) is 4.98 Å². The number of hydrogen-bond acceptors (Lipinski definition) is 4. The Balaban J connectivity index is 1.89. The Morgan fingerprint density at radius 2 is 1.81 bits per heavy atom. The van der Waals surface area contributed by atoms with Gasteiger partial charge < -0.3 is 9.72 Å². The fourth-order valence-corrected chi connectivity index (χ4v) is 4.70. The number of aromatic nitrogens is 1. The molecule has 0 saturated carbocycles. The van der Waals surface area contributed by atoms with E-state index >= 15 is 0 Å². The highest BCUT2D eigenvalue weighted by molar-refractivity contribution is 7.89. The smallest absolute Gasteiger partial charge is 0.238 e. The number of carbonyl (C=O) groups excluding carboxylic acids is 1. The van der Waals surface area contributed by atoms with Crippen molar-refractivity contribution in [3.05, 3.63) is 94.7 Å². The molecule has 0 saturated heterocycles. The van der Waals surface area contributed by atoms with Crippen molar-refractivity contribution in [3.8, 4) is 5.75 Å². The molecular weight excluding hydrogens is 412 g/mol. The fraction of sp³-hybridized carbons (Fsp3) is 0.125. The van der Waals surface area contributed by atoms with E-state index in [1.165, 1.54) is 13.2 Å². The van der Waals surface area contributed by atoms with Crippen LogP contribution in [0.25, 0.3) is 10.9 Å². The molecule has 0 bridgehead atoms. The number of para-hydroxylation sites is 1. The molecule has 158 valence electrons. The summed E-state index contributed by atoms with van der Waals surface area (Å²) >= 11 is 0. The number of hydrogen-bond donors (Lipinski definition) is 2. The topological polar surface area (TPSA) is 102 Å². The van der Waals surface area contributed by atoms with Crippen LogP contribution in [0.5, 0.6) is 5.75 Å². The summed E-state index contributed by atoms with van der Waals surface area (Å²) in [6, 6.07) is 17.8. The monoisotopic (exact) mass is 434 g/mol. The summed E-state index contributed by atoms with van der Waals surface area (Å²) < 4.78 is 29.5. The normalized spacial score (nSPS) is 11.6. The molecule has 0 fully saturated rings. The van der Waals surface area contributed by atoms with Gasteiger partial charge in [-0.3, -0.25) is 4.79 Å². The molecule has 0 amide bonds. The number of ketones is 1. The molecule has 0 aliphatic heterocycles. The van der Waals surface area contributed by atoms with Crippen molar-refractivity contribution in [2.75, 3.05) is 7.11 Å². The Hall–Kier alpha value is -3.42. The molecule has 0 unspecified atom stereocenters. The Morgan fingerprint density at radius 1 is 1.03 bits per heavy atom. The van der Waals surface area contributed by atoms with E-state index in [0.29, 0.717) is 28.9 Å². The predicted molar refractivity (Wildman–Crippen MR) is 120 cm³/mol. The molecule has 1 heterocycles. The number of benzene rings is 3. The minimum Gasteiger partial charge on any atom is -0.497 e. The number of sulfonamides is 1. The molecule has 1 aromatic heterocycles. The first-order valence-electron chi connectivity index (χ1n) is 9.68. The first-order chi connectivity index (χ1) is 14.8. The second kappa shape index (κ2) is 8.02. The molecule has 0 atom stereocenters. The van der Waals surface area contributed by atoms with Gasteiger partial charge in [0.25, 0.3) is 0 Å². The van der Waals surface area contributed by atoms with Crippen LogP contribution >= 0.6 is 0 Å². The van der Waals surface area contributed by atoms with Gasteiger partial charge in [-0.1, -0.05) is 36.4 Å². The maximum Gasteiger partial charge on any atom is 0.238 e. The third-order valence-corrected chi connectivity index (χ3v) is 6.48. The number of fused-ring (bicyclic) bond motifs is 1. The van der Waals surface area contributed by atoms with E-state index in [0.717, 1.165) is 22.0 Å². The SMILES string of the molecule is COc1cccc(C(=O)c2c(Cc3c[nH]c4ccccc34)ccc(S(N)(=O)=O)c2C)c1. The minimum absolute atomic E-state index is 0.0542. The van der Waals surface area contributed by atoms with Crippen molar-refractivity contribution >= 4 is 26.7 Å². The van der Waals surface area contributed by atoms with E-state index in [-0.39, 0.29) is 10.7 Å². The highest BCUT2D eigenvalue weighted by Gasteiger charge is 2.23. The molecule has 6 nitrogen and oxygen atoms in total. The molecule has 0 radical (unpaired) electrons. The molecule has 3 N–H and O–H groups in total. The van der Waals surface area contributed by atoms with Crippen molar-refractivity contribution in [1.29, 1.82) is 0 Å². The number of primary sulfonamides is 1. The zero-order chi connectivity index (χ0) is 22.2. The Bertz CT molecular complexity index is 1400. The van der Waals surface area contributed by atoms with E-state index in [4.69, 9.17) is 9.88 Å². The zero-order valence-electron chi connectivity index (χ0n) is 17.2. The van der Waals surface area contributed by atoms with Gasteiger partial charge in [-0.2, -0.15) is 0 Å². The van der Waals surface area contributed by atoms with Crippen molar-refractivity contribution < 1.29 is 17.9 Å². The lowest BCUT2D eigenvalue weighted by Crippen LogP contribution is -2.17. The van der Waals surface area contributed by atoms with E-state index in [1.807, 2.05) is 30.5 Å². The van der Waals surface area contributed by atoms with Gasteiger partial charge in [-0.25, -0.2) is 13.6 Å². The van der Waals surface area contributed by atoms with Gasteiger partial charge in [0.2, 0.25) is 10.0 Å². The van der Waals surface area contributed by atoms with Gasteiger partial charge in [0.05, 0.1) is 12.0 Å². The third kappa shape index (κ3) is 3.97. The second-order valence-corrected chi connectivity index (χ2v) is 8.90. The molecule has 7 heteroatoms. The number of nitrogens with two attached hydrogens (primary N) is 1. The number of carbonyl (C=O) groups is 1. The van der Waals surface area contributed by atoms with Crippen LogP contribution < -0.4 is 9.88 Å². The van der Waals surface area contributed by atoms with Gasteiger partial charge in [0, 0.05) is 34.6 Å². The van der Waals surface area contributed by atoms with Crippen molar-refractivity contribution in [3.63, 3.8) is 0 Å². The van der Waals surface area contributed by atoms with Crippen molar-refractivity contribution in [2.45, 2.75) is 18.2 Å². The summed E-state index contributed by atoms with van der Waals surface area (Å²) in [5, 5.41) is 6.46. The van der Waals surface area contributed by atoms with Gasteiger partial charge in [-0.15, -0.1) is 0 Å². The first-order valence-corrected chi connectivity index (χ1v) is 11.2. The number of methoxy groups -OCH3 is 1. The number of H-pyrrole nitrogens is 1. The molecule has 31 heavy (non-hydrogen) atoms. The lowest BCUT2D eigenvalue weighted by molar-refractivity contribution is 0.103. The molecule has 3 aromatic carbocycles. The minimum atomic E-state index is -3.98. The van der Waals surface area contributed by atoms with E-state index in [1.54, 1.807) is 37.3 Å². The van der Waals surface area contributed by atoms with Crippen LogP contribution in [0.4, 0.5) is 0 Å². The second-order valence-electron chi connectivity index (χ2n) is 7.37. The zero-order valence-corrected chi connectivity index (χ0v) is 18.0. The van der Waals surface area contributed by atoms with Crippen LogP contribution in [0.1, 0.15) is 32.6 Å². The quantitative estimate of drug-likeness (QED) is 0.449. The molecule has 4 rings (SSSR count). The van der Waals surface area contributed by atoms with Crippen LogP contribution in [0.2, 0.25) is 0 Å². The lowest BCUT2D eigenvalue weighted by atomic mass is 9.90. The number of rotatable bonds is 6. The molecule has 0 aliphatic rings. The third-order valence-electron chi connectivity index (χ3n) is 5.42. The summed E-state index contributed by atoms with van der Waals surface area (Å²) in [5.41, 5.74) is 3.82.